The number of anilines is 1. The molecule has 2 aromatic heterocycles. The molecule has 7 nitrogen and oxygen atoms in total. The summed E-state index contributed by atoms with van der Waals surface area (Å²) in [5.41, 5.74) is 0.947. The van der Waals surface area contributed by atoms with E-state index in [9.17, 15) is 18.0 Å². The lowest BCUT2D eigenvalue weighted by molar-refractivity contribution is -0.138. The Hall–Kier alpha value is -3.01. The number of ether oxygens (including phenoxy) is 1. The van der Waals surface area contributed by atoms with Gasteiger partial charge in [-0.2, -0.15) is 18.3 Å². The number of nitrogens with one attached hydrogen (secondary N) is 1. The summed E-state index contributed by atoms with van der Waals surface area (Å²) in [6.45, 7) is 0.798. The van der Waals surface area contributed by atoms with Crippen molar-refractivity contribution in [2.24, 2.45) is 0 Å². The van der Waals surface area contributed by atoms with Gasteiger partial charge in [0.25, 0.3) is 5.56 Å². The van der Waals surface area contributed by atoms with Gasteiger partial charge in [0.15, 0.2) is 0 Å². The van der Waals surface area contributed by atoms with Crippen molar-refractivity contribution < 1.29 is 17.9 Å². The SMILES string of the molecule is COc1nn(Cc2ccccc2C(F)(F)F)c2c1CN(c1cn[nH]c(=O)c1Cl)CC2. The second-order valence-corrected chi connectivity index (χ2v) is 7.19. The molecule has 3 heterocycles. The van der Waals surface area contributed by atoms with E-state index < -0.39 is 17.3 Å². The van der Waals surface area contributed by atoms with Crippen molar-refractivity contribution in [3.05, 3.63) is 68.2 Å². The fraction of sp³-hybridized carbons (Fsp3) is 0.316. The third-order valence-corrected chi connectivity index (χ3v) is 5.42. The monoisotopic (exact) mass is 439 g/mol. The minimum Gasteiger partial charge on any atom is -0.480 e. The summed E-state index contributed by atoms with van der Waals surface area (Å²) in [7, 11) is 1.46. The second kappa shape index (κ2) is 7.67. The maximum Gasteiger partial charge on any atom is 0.416 e. The van der Waals surface area contributed by atoms with Crippen LogP contribution in [0.5, 0.6) is 5.88 Å². The number of alkyl halides is 3. The molecule has 1 N–H and O–H groups in total. The van der Waals surface area contributed by atoms with E-state index in [0.29, 0.717) is 31.1 Å². The molecule has 1 aliphatic heterocycles. The summed E-state index contributed by atoms with van der Waals surface area (Å²) in [4.78, 5) is 13.6. The summed E-state index contributed by atoms with van der Waals surface area (Å²) < 4.78 is 47.0. The van der Waals surface area contributed by atoms with Crippen molar-refractivity contribution >= 4 is 17.3 Å². The average Bonchev–Trinajstić information content (AvgIpc) is 3.06. The Labute approximate surface area is 174 Å². The first-order valence-corrected chi connectivity index (χ1v) is 9.43. The molecule has 1 aromatic carbocycles. The number of hydrogen-bond acceptors (Lipinski definition) is 5. The van der Waals surface area contributed by atoms with Crippen LogP contribution in [0.25, 0.3) is 0 Å². The van der Waals surface area contributed by atoms with Gasteiger partial charge in [0.1, 0.15) is 5.02 Å². The minimum atomic E-state index is -4.45. The van der Waals surface area contributed by atoms with Crippen LogP contribution in [0.15, 0.2) is 35.3 Å². The summed E-state index contributed by atoms with van der Waals surface area (Å²) in [6.07, 6.45) is -2.50. The van der Waals surface area contributed by atoms with Crippen LogP contribution < -0.4 is 15.2 Å². The zero-order chi connectivity index (χ0) is 21.5. The van der Waals surface area contributed by atoms with E-state index in [0.717, 1.165) is 17.3 Å². The molecule has 0 atom stereocenters. The van der Waals surface area contributed by atoms with E-state index in [1.54, 1.807) is 10.7 Å². The lowest BCUT2D eigenvalue weighted by Gasteiger charge is -2.29. The Morgan fingerprint density at radius 3 is 2.80 bits per heavy atom. The van der Waals surface area contributed by atoms with Crippen molar-refractivity contribution in [1.82, 2.24) is 20.0 Å². The number of nitrogens with zero attached hydrogens (tertiary/aromatic N) is 4. The Kier molecular flexibility index (Phi) is 5.19. The second-order valence-electron chi connectivity index (χ2n) is 6.82. The minimum absolute atomic E-state index is 0.0268. The smallest absolute Gasteiger partial charge is 0.416 e. The van der Waals surface area contributed by atoms with Gasteiger partial charge in [0, 0.05) is 18.7 Å². The molecule has 30 heavy (non-hydrogen) atoms. The average molecular weight is 440 g/mol. The third kappa shape index (κ3) is 3.62. The quantitative estimate of drug-likeness (QED) is 0.675. The van der Waals surface area contributed by atoms with Crippen molar-refractivity contribution in [2.75, 3.05) is 18.6 Å². The Morgan fingerprint density at radius 2 is 2.07 bits per heavy atom. The van der Waals surface area contributed by atoms with Gasteiger partial charge in [-0.25, -0.2) is 5.10 Å². The highest BCUT2D eigenvalue weighted by atomic mass is 35.5. The largest absolute Gasteiger partial charge is 0.480 e. The van der Waals surface area contributed by atoms with E-state index in [-0.39, 0.29) is 17.1 Å². The third-order valence-electron chi connectivity index (χ3n) is 5.05. The number of fused-ring (bicyclic) bond motifs is 1. The van der Waals surface area contributed by atoms with Gasteiger partial charge >= 0.3 is 6.18 Å². The van der Waals surface area contributed by atoms with Gasteiger partial charge in [0.2, 0.25) is 5.88 Å². The summed E-state index contributed by atoms with van der Waals surface area (Å²) in [5.74, 6) is 0.327. The van der Waals surface area contributed by atoms with E-state index >= 15 is 0 Å². The van der Waals surface area contributed by atoms with E-state index in [1.165, 1.54) is 25.4 Å². The Balaban J connectivity index is 1.69. The lowest BCUT2D eigenvalue weighted by atomic mass is 10.1. The molecule has 0 bridgehead atoms. The fourth-order valence-corrected chi connectivity index (χ4v) is 3.86. The van der Waals surface area contributed by atoms with Crippen LogP contribution in [0.4, 0.5) is 18.9 Å². The van der Waals surface area contributed by atoms with Crippen molar-refractivity contribution in [2.45, 2.75) is 25.7 Å². The number of aromatic amines is 1. The summed E-state index contributed by atoms with van der Waals surface area (Å²) in [6, 6.07) is 5.44. The number of methoxy groups -OCH3 is 1. The van der Waals surface area contributed by atoms with Crippen LogP contribution in [0, 0.1) is 0 Å². The van der Waals surface area contributed by atoms with Gasteiger partial charge in [-0.1, -0.05) is 29.8 Å². The Morgan fingerprint density at radius 1 is 1.30 bits per heavy atom. The van der Waals surface area contributed by atoms with Crippen molar-refractivity contribution in [3.63, 3.8) is 0 Å². The van der Waals surface area contributed by atoms with Gasteiger partial charge in [-0.15, -0.1) is 5.10 Å². The zero-order valence-electron chi connectivity index (χ0n) is 15.8. The molecular weight excluding hydrogens is 423 g/mol. The normalized spacial score (nSPS) is 14.0. The maximum atomic E-state index is 13.4. The summed E-state index contributed by atoms with van der Waals surface area (Å²) >= 11 is 6.12. The molecule has 0 saturated carbocycles. The van der Waals surface area contributed by atoms with E-state index in [2.05, 4.69) is 15.3 Å². The molecule has 0 unspecified atom stereocenters. The first-order chi connectivity index (χ1) is 14.3. The van der Waals surface area contributed by atoms with E-state index in [4.69, 9.17) is 16.3 Å². The number of H-pyrrole nitrogens is 1. The van der Waals surface area contributed by atoms with Crippen LogP contribution in [-0.2, 0) is 25.7 Å². The molecule has 158 valence electrons. The molecule has 0 radical (unpaired) electrons. The number of hydrogen-bond donors (Lipinski definition) is 1. The zero-order valence-corrected chi connectivity index (χ0v) is 16.6. The molecule has 1 aliphatic rings. The molecule has 11 heteroatoms. The molecule has 3 aromatic rings. The fourth-order valence-electron chi connectivity index (χ4n) is 3.65. The van der Waals surface area contributed by atoms with Crippen LogP contribution in [-0.4, -0.2) is 33.6 Å². The number of halogens is 4. The first-order valence-electron chi connectivity index (χ1n) is 9.05. The molecular formula is C19H17ClF3N5O2. The summed E-state index contributed by atoms with van der Waals surface area (Å²) in [5, 5.41) is 10.5. The first kappa shape index (κ1) is 20.3. The molecule has 4 rings (SSSR count). The number of rotatable bonds is 4. The van der Waals surface area contributed by atoms with Gasteiger partial charge in [-0.3, -0.25) is 9.48 Å². The highest BCUT2D eigenvalue weighted by Gasteiger charge is 2.34. The standard InChI is InChI=1S/C19H17ClF3N5O2/c1-30-18-12-10-27(15-8-24-25-17(29)16(15)20)7-6-14(12)28(26-18)9-11-4-2-3-5-13(11)19(21,22)23/h2-5,8H,6-7,9-10H2,1H3,(H,25,29). The number of benzene rings is 1. The predicted octanol–water partition coefficient (Wildman–Crippen LogP) is 3.26. The molecule has 0 fully saturated rings. The number of aromatic nitrogens is 4. The van der Waals surface area contributed by atoms with Crippen LogP contribution >= 0.6 is 11.6 Å². The highest BCUT2D eigenvalue weighted by Crippen LogP contribution is 2.35. The predicted molar refractivity (Wildman–Crippen MR) is 104 cm³/mol. The van der Waals surface area contributed by atoms with E-state index in [1.807, 2.05) is 4.90 Å². The highest BCUT2D eigenvalue weighted by molar-refractivity contribution is 6.33. The Bertz CT molecular complexity index is 1140. The van der Waals surface area contributed by atoms with Gasteiger partial charge in [-0.05, 0) is 11.6 Å². The lowest BCUT2D eigenvalue weighted by Crippen LogP contribution is -2.32. The van der Waals surface area contributed by atoms with Gasteiger partial charge in [0.05, 0.1) is 43.2 Å². The molecule has 0 aliphatic carbocycles. The van der Waals surface area contributed by atoms with Gasteiger partial charge < -0.3 is 9.64 Å². The molecule has 0 spiro atoms. The maximum absolute atomic E-state index is 13.4. The van der Waals surface area contributed by atoms with Crippen molar-refractivity contribution in [3.8, 4) is 5.88 Å². The van der Waals surface area contributed by atoms with Crippen molar-refractivity contribution in [1.29, 1.82) is 0 Å². The molecule has 0 saturated heterocycles. The topological polar surface area (TPSA) is 76.0 Å². The van der Waals surface area contributed by atoms with Crippen LogP contribution in [0.3, 0.4) is 0 Å². The van der Waals surface area contributed by atoms with Crippen LogP contribution in [0.2, 0.25) is 5.02 Å². The molecule has 0 amide bonds. The van der Waals surface area contributed by atoms with Crippen LogP contribution in [0.1, 0.15) is 22.4 Å².